The third-order valence-corrected chi connectivity index (χ3v) is 3.05. The van der Waals surface area contributed by atoms with Crippen LogP contribution in [0.5, 0.6) is 0 Å². The van der Waals surface area contributed by atoms with E-state index in [4.69, 9.17) is 11.6 Å². The standard InChI is InChI=1S/C14H9ClN4O/c15-11-8-16-4-3-10(11)14(20)19-9-1-2-12-13(7-9)18-6-5-17-12/h1-8H,(H,19,20). The lowest BCUT2D eigenvalue weighted by atomic mass is 10.2. The largest absolute Gasteiger partial charge is 0.322 e. The van der Waals surface area contributed by atoms with Gasteiger partial charge >= 0.3 is 0 Å². The van der Waals surface area contributed by atoms with Gasteiger partial charge in [-0.2, -0.15) is 0 Å². The van der Waals surface area contributed by atoms with Gasteiger partial charge in [0.2, 0.25) is 0 Å². The monoisotopic (exact) mass is 284 g/mol. The minimum Gasteiger partial charge on any atom is -0.322 e. The van der Waals surface area contributed by atoms with Crippen molar-refractivity contribution in [3.63, 3.8) is 0 Å². The number of fused-ring (bicyclic) bond motifs is 1. The molecule has 3 aromatic rings. The van der Waals surface area contributed by atoms with E-state index in [9.17, 15) is 4.79 Å². The molecule has 0 aliphatic heterocycles. The van der Waals surface area contributed by atoms with Crippen LogP contribution in [0.3, 0.4) is 0 Å². The highest BCUT2D eigenvalue weighted by molar-refractivity contribution is 6.34. The lowest BCUT2D eigenvalue weighted by Crippen LogP contribution is -2.12. The fourth-order valence-electron chi connectivity index (χ4n) is 1.80. The molecule has 0 spiro atoms. The molecule has 1 aromatic carbocycles. The molecular formula is C14H9ClN4O. The summed E-state index contributed by atoms with van der Waals surface area (Å²) in [5.74, 6) is -0.291. The van der Waals surface area contributed by atoms with Crippen molar-refractivity contribution in [2.75, 3.05) is 5.32 Å². The van der Waals surface area contributed by atoms with Crippen LogP contribution in [-0.2, 0) is 0 Å². The maximum atomic E-state index is 12.1. The molecule has 0 saturated heterocycles. The first-order valence-electron chi connectivity index (χ1n) is 5.86. The summed E-state index contributed by atoms with van der Waals surface area (Å²) in [6.45, 7) is 0. The Morgan fingerprint density at radius 2 is 1.85 bits per heavy atom. The molecule has 5 nitrogen and oxygen atoms in total. The van der Waals surface area contributed by atoms with E-state index in [0.717, 1.165) is 5.52 Å². The molecule has 0 fully saturated rings. The normalized spacial score (nSPS) is 10.4. The van der Waals surface area contributed by atoms with Crippen LogP contribution < -0.4 is 5.32 Å². The van der Waals surface area contributed by atoms with E-state index < -0.39 is 0 Å². The van der Waals surface area contributed by atoms with Gasteiger partial charge in [-0.25, -0.2) is 0 Å². The van der Waals surface area contributed by atoms with Crippen molar-refractivity contribution in [1.82, 2.24) is 15.0 Å². The number of benzene rings is 1. The number of rotatable bonds is 2. The van der Waals surface area contributed by atoms with Crippen molar-refractivity contribution in [3.05, 3.63) is 59.6 Å². The molecule has 0 radical (unpaired) electrons. The van der Waals surface area contributed by atoms with Crippen LogP contribution in [0.1, 0.15) is 10.4 Å². The van der Waals surface area contributed by atoms with Crippen LogP contribution in [0.15, 0.2) is 49.1 Å². The molecule has 6 heteroatoms. The van der Waals surface area contributed by atoms with Crippen LogP contribution in [0.2, 0.25) is 5.02 Å². The fraction of sp³-hybridized carbons (Fsp3) is 0. The van der Waals surface area contributed by atoms with Gasteiger partial charge in [0.15, 0.2) is 0 Å². The van der Waals surface area contributed by atoms with E-state index in [1.807, 2.05) is 0 Å². The highest BCUT2D eigenvalue weighted by atomic mass is 35.5. The van der Waals surface area contributed by atoms with Crippen LogP contribution in [0, 0.1) is 0 Å². The van der Waals surface area contributed by atoms with Gasteiger partial charge in [-0.3, -0.25) is 19.7 Å². The Kier molecular flexibility index (Phi) is 3.26. The molecule has 0 unspecified atom stereocenters. The number of carbonyl (C=O) groups excluding carboxylic acids is 1. The molecule has 0 aliphatic rings. The Morgan fingerprint density at radius 3 is 2.65 bits per heavy atom. The second-order valence-electron chi connectivity index (χ2n) is 4.07. The number of hydrogen-bond donors (Lipinski definition) is 1. The predicted octanol–water partition coefficient (Wildman–Crippen LogP) is 2.93. The van der Waals surface area contributed by atoms with Crippen LogP contribution in [0.25, 0.3) is 11.0 Å². The van der Waals surface area contributed by atoms with Crippen molar-refractivity contribution >= 4 is 34.2 Å². The van der Waals surface area contributed by atoms with Gasteiger partial charge in [-0.15, -0.1) is 0 Å². The molecule has 2 aromatic heterocycles. The first-order chi connectivity index (χ1) is 9.74. The van der Waals surface area contributed by atoms with Gasteiger partial charge in [0, 0.05) is 30.5 Å². The van der Waals surface area contributed by atoms with Gasteiger partial charge in [0.05, 0.1) is 21.6 Å². The average Bonchev–Trinajstić information content (AvgIpc) is 2.47. The molecule has 0 bridgehead atoms. The summed E-state index contributed by atoms with van der Waals surface area (Å²) in [7, 11) is 0. The highest BCUT2D eigenvalue weighted by Gasteiger charge is 2.10. The van der Waals surface area contributed by atoms with Crippen molar-refractivity contribution in [1.29, 1.82) is 0 Å². The second-order valence-corrected chi connectivity index (χ2v) is 4.48. The molecule has 3 rings (SSSR count). The minimum absolute atomic E-state index is 0.291. The van der Waals surface area contributed by atoms with E-state index in [-0.39, 0.29) is 5.91 Å². The number of aromatic nitrogens is 3. The smallest absolute Gasteiger partial charge is 0.257 e. The van der Waals surface area contributed by atoms with E-state index in [1.54, 1.807) is 36.7 Å². The summed E-state index contributed by atoms with van der Waals surface area (Å²) in [5, 5.41) is 3.08. The average molecular weight is 285 g/mol. The number of amides is 1. The van der Waals surface area contributed by atoms with Crippen molar-refractivity contribution in [3.8, 4) is 0 Å². The lowest BCUT2D eigenvalue weighted by Gasteiger charge is -2.06. The summed E-state index contributed by atoms with van der Waals surface area (Å²) in [4.78, 5) is 24.3. The lowest BCUT2D eigenvalue weighted by molar-refractivity contribution is 0.102. The van der Waals surface area contributed by atoms with Crippen molar-refractivity contribution in [2.24, 2.45) is 0 Å². The molecule has 2 heterocycles. The Hall–Kier alpha value is -2.53. The molecule has 0 atom stereocenters. The quantitative estimate of drug-likeness (QED) is 0.785. The molecule has 1 amide bonds. The van der Waals surface area contributed by atoms with Crippen LogP contribution >= 0.6 is 11.6 Å². The van der Waals surface area contributed by atoms with Crippen LogP contribution in [-0.4, -0.2) is 20.9 Å². The minimum atomic E-state index is -0.291. The summed E-state index contributed by atoms with van der Waals surface area (Å²) < 4.78 is 0. The van der Waals surface area contributed by atoms with E-state index >= 15 is 0 Å². The highest BCUT2D eigenvalue weighted by Crippen LogP contribution is 2.18. The van der Waals surface area contributed by atoms with Gasteiger partial charge in [-0.05, 0) is 24.3 Å². The zero-order chi connectivity index (χ0) is 13.9. The van der Waals surface area contributed by atoms with Gasteiger partial charge < -0.3 is 5.32 Å². The number of pyridine rings is 1. The van der Waals surface area contributed by atoms with Gasteiger partial charge in [0.1, 0.15) is 0 Å². The maximum absolute atomic E-state index is 12.1. The summed E-state index contributed by atoms with van der Waals surface area (Å²) in [6.07, 6.45) is 6.18. The molecule has 20 heavy (non-hydrogen) atoms. The van der Waals surface area contributed by atoms with Gasteiger partial charge in [-0.1, -0.05) is 11.6 Å². The number of halogens is 1. The SMILES string of the molecule is O=C(Nc1ccc2nccnc2c1)c1ccncc1Cl. The van der Waals surface area contributed by atoms with Gasteiger partial charge in [0.25, 0.3) is 5.91 Å². The maximum Gasteiger partial charge on any atom is 0.257 e. The number of carbonyl (C=O) groups is 1. The third kappa shape index (κ3) is 2.44. The molecular weight excluding hydrogens is 276 g/mol. The third-order valence-electron chi connectivity index (χ3n) is 2.74. The summed E-state index contributed by atoms with van der Waals surface area (Å²) >= 11 is 5.93. The summed E-state index contributed by atoms with van der Waals surface area (Å²) in [5.41, 5.74) is 2.50. The number of nitrogens with one attached hydrogen (secondary N) is 1. The Bertz CT molecular complexity index is 791. The second kappa shape index (κ2) is 5.22. The molecule has 98 valence electrons. The Labute approximate surface area is 119 Å². The van der Waals surface area contributed by atoms with Crippen molar-refractivity contribution < 1.29 is 4.79 Å². The summed E-state index contributed by atoms with van der Waals surface area (Å²) in [6, 6.07) is 6.89. The first-order valence-corrected chi connectivity index (χ1v) is 6.23. The molecule has 1 N–H and O–H groups in total. The Balaban J connectivity index is 1.89. The predicted molar refractivity (Wildman–Crippen MR) is 76.7 cm³/mol. The number of anilines is 1. The fourth-order valence-corrected chi connectivity index (χ4v) is 2.00. The first kappa shape index (κ1) is 12.5. The van der Waals surface area contributed by atoms with E-state index in [0.29, 0.717) is 21.8 Å². The molecule has 0 aliphatic carbocycles. The van der Waals surface area contributed by atoms with Crippen LogP contribution in [0.4, 0.5) is 5.69 Å². The topological polar surface area (TPSA) is 67.8 Å². The zero-order valence-corrected chi connectivity index (χ0v) is 11.0. The Morgan fingerprint density at radius 1 is 1.05 bits per heavy atom. The van der Waals surface area contributed by atoms with E-state index in [2.05, 4.69) is 20.3 Å². The molecule has 0 saturated carbocycles. The number of nitrogens with zero attached hydrogens (tertiary/aromatic N) is 3. The number of hydrogen-bond acceptors (Lipinski definition) is 4. The van der Waals surface area contributed by atoms with Crippen molar-refractivity contribution in [2.45, 2.75) is 0 Å². The van der Waals surface area contributed by atoms with E-state index in [1.165, 1.54) is 12.4 Å². The zero-order valence-electron chi connectivity index (χ0n) is 10.2.